The maximum absolute atomic E-state index is 12.3. The fourth-order valence-electron chi connectivity index (χ4n) is 2.32. The van der Waals surface area contributed by atoms with Crippen molar-refractivity contribution in [1.82, 2.24) is 5.32 Å². The van der Waals surface area contributed by atoms with E-state index in [4.69, 9.17) is 9.47 Å². The van der Waals surface area contributed by atoms with Crippen molar-refractivity contribution in [3.8, 4) is 5.75 Å². The Morgan fingerprint density at radius 2 is 1.74 bits per heavy atom. The fourth-order valence-corrected chi connectivity index (χ4v) is 2.32. The summed E-state index contributed by atoms with van der Waals surface area (Å²) in [7, 11) is 1.54. The molecule has 0 aliphatic carbocycles. The molecular formula is C22H23NO4. The van der Waals surface area contributed by atoms with Gasteiger partial charge >= 0.3 is 0 Å². The first-order chi connectivity index (χ1) is 13.1. The minimum Gasteiger partial charge on any atom is -0.501 e. The van der Waals surface area contributed by atoms with E-state index in [9.17, 15) is 9.59 Å². The Kier molecular flexibility index (Phi) is 7.85. The highest BCUT2D eigenvalue weighted by molar-refractivity contribution is 5.97. The smallest absolute Gasteiger partial charge is 0.251 e. The quantitative estimate of drug-likeness (QED) is 0.304. The van der Waals surface area contributed by atoms with Gasteiger partial charge in [0.25, 0.3) is 5.91 Å². The zero-order chi connectivity index (χ0) is 19.5. The number of allylic oxidation sites excluding steroid dienone is 1. The van der Waals surface area contributed by atoms with Gasteiger partial charge in [-0.1, -0.05) is 55.1 Å². The number of nitrogens with one attached hydrogen (secondary N) is 1. The van der Waals surface area contributed by atoms with Crippen LogP contribution in [0.2, 0.25) is 0 Å². The Bertz CT molecular complexity index is 784. The Morgan fingerprint density at radius 3 is 2.33 bits per heavy atom. The van der Waals surface area contributed by atoms with E-state index in [0.717, 1.165) is 5.56 Å². The Balaban J connectivity index is 1.91. The van der Waals surface area contributed by atoms with Gasteiger partial charge in [0.1, 0.15) is 30.4 Å². The van der Waals surface area contributed by atoms with Crippen LogP contribution in [0.3, 0.4) is 0 Å². The summed E-state index contributed by atoms with van der Waals surface area (Å²) in [4.78, 5) is 23.5. The number of methoxy groups -OCH3 is 1. The van der Waals surface area contributed by atoms with Crippen LogP contribution in [0.4, 0.5) is 0 Å². The highest BCUT2D eigenvalue weighted by atomic mass is 16.5. The summed E-state index contributed by atoms with van der Waals surface area (Å²) in [6.45, 7) is 3.80. The molecule has 5 heteroatoms. The van der Waals surface area contributed by atoms with Crippen LogP contribution in [0.15, 0.2) is 84.7 Å². The van der Waals surface area contributed by atoms with Gasteiger partial charge in [-0.05, 0) is 23.8 Å². The number of carbonyl (C=O) groups is 2. The summed E-state index contributed by atoms with van der Waals surface area (Å²) in [5, 5.41) is 2.60. The van der Waals surface area contributed by atoms with E-state index in [1.807, 2.05) is 48.5 Å². The van der Waals surface area contributed by atoms with Crippen LogP contribution in [0.5, 0.6) is 5.75 Å². The molecular weight excluding hydrogens is 342 g/mol. The van der Waals surface area contributed by atoms with E-state index in [-0.39, 0.29) is 12.2 Å². The number of carbonyl (C=O) groups excluding carboxylic acids is 2. The minimum atomic E-state index is -0.775. The Morgan fingerprint density at radius 1 is 1.11 bits per heavy atom. The molecule has 1 amide bonds. The summed E-state index contributed by atoms with van der Waals surface area (Å²) in [6, 6.07) is 18.1. The maximum atomic E-state index is 12.3. The van der Waals surface area contributed by atoms with Crippen molar-refractivity contribution in [2.45, 2.75) is 12.5 Å². The van der Waals surface area contributed by atoms with Crippen molar-refractivity contribution in [2.75, 3.05) is 13.7 Å². The predicted octanol–water partition coefficient (Wildman–Crippen LogP) is 3.08. The molecule has 0 aliphatic heterocycles. The molecule has 2 aromatic carbocycles. The van der Waals surface area contributed by atoms with Gasteiger partial charge in [0, 0.05) is 12.0 Å². The zero-order valence-corrected chi connectivity index (χ0v) is 15.3. The number of para-hydroxylation sites is 1. The van der Waals surface area contributed by atoms with Gasteiger partial charge in [-0.2, -0.15) is 0 Å². The molecule has 0 saturated carbocycles. The molecule has 2 rings (SSSR count). The van der Waals surface area contributed by atoms with Crippen molar-refractivity contribution in [3.63, 3.8) is 0 Å². The monoisotopic (exact) mass is 365 g/mol. The van der Waals surface area contributed by atoms with Crippen LogP contribution >= 0.6 is 0 Å². The summed E-state index contributed by atoms with van der Waals surface area (Å²) in [5.41, 5.74) is 1.26. The van der Waals surface area contributed by atoms with Gasteiger partial charge in [0.2, 0.25) is 0 Å². The van der Waals surface area contributed by atoms with Crippen molar-refractivity contribution >= 4 is 12.2 Å². The van der Waals surface area contributed by atoms with Crippen LogP contribution < -0.4 is 10.1 Å². The van der Waals surface area contributed by atoms with Crippen LogP contribution in [-0.4, -0.2) is 32.0 Å². The zero-order valence-electron chi connectivity index (χ0n) is 15.3. The lowest BCUT2D eigenvalue weighted by Gasteiger charge is -2.14. The first-order valence-electron chi connectivity index (χ1n) is 8.53. The number of aldehydes is 1. The predicted molar refractivity (Wildman–Crippen MR) is 104 cm³/mol. The first-order valence-corrected chi connectivity index (χ1v) is 8.53. The normalized spacial score (nSPS) is 12.0. The molecule has 0 bridgehead atoms. The van der Waals surface area contributed by atoms with Crippen molar-refractivity contribution in [2.24, 2.45) is 0 Å². The average molecular weight is 365 g/mol. The van der Waals surface area contributed by atoms with Gasteiger partial charge in [-0.25, -0.2) is 0 Å². The molecule has 2 aromatic rings. The van der Waals surface area contributed by atoms with E-state index >= 15 is 0 Å². The number of hydrogen-bond acceptors (Lipinski definition) is 4. The summed E-state index contributed by atoms with van der Waals surface area (Å²) < 4.78 is 10.8. The first kappa shape index (κ1) is 20.0. The third-order valence-corrected chi connectivity index (χ3v) is 3.76. The third kappa shape index (κ3) is 6.82. The van der Waals surface area contributed by atoms with Gasteiger partial charge in [-0.3, -0.25) is 4.79 Å². The van der Waals surface area contributed by atoms with Crippen molar-refractivity contribution in [1.29, 1.82) is 0 Å². The summed E-state index contributed by atoms with van der Waals surface area (Å²) in [5.74, 6) is 0.776. The molecule has 0 aromatic heterocycles. The lowest BCUT2D eigenvalue weighted by Crippen LogP contribution is -2.40. The molecule has 140 valence electrons. The maximum Gasteiger partial charge on any atom is 0.251 e. The van der Waals surface area contributed by atoms with E-state index < -0.39 is 11.9 Å². The minimum absolute atomic E-state index is 0.0391. The van der Waals surface area contributed by atoms with E-state index in [2.05, 4.69) is 11.9 Å². The topological polar surface area (TPSA) is 64.6 Å². The fraction of sp³-hybridized carbons (Fsp3) is 0.182. The lowest BCUT2D eigenvalue weighted by molar-refractivity contribution is -0.121. The molecule has 0 spiro atoms. The van der Waals surface area contributed by atoms with E-state index in [0.29, 0.717) is 24.2 Å². The summed E-state index contributed by atoms with van der Waals surface area (Å²) >= 11 is 0. The van der Waals surface area contributed by atoms with Crippen LogP contribution in [0, 0.1) is 0 Å². The molecule has 0 saturated heterocycles. The molecule has 0 unspecified atom stereocenters. The Labute approximate surface area is 159 Å². The lowest BCUT2D eigenvalue weighted by atomic mass is 10.1. The molecule has 27 heavy (non-hydrogen) atoms. The molecule has 0 radical (unpaired) electrons. The number of ether oxygens (including phenoxy) is 2. The molecule has 0 fully saturated rings. The van der Waals surface area contributed by atoms with E-state index in [1.165, 1.54) is 0 Å². The van der Waals surface area contributed by atoms with Crippen LogP contribution in [0.1, 0.15) is 5.56 Å². The molecule has 5 nitrogen and oxygen atoms in total. The molecule has 1 atom stereocenters. The van der Waals surface area contributed by atoms with E-state index in [1.54, 1.807) is 25.3 Å². The molecule has 0 aliphatic rings. The summed E-state index contributed by atoms with van der Waals surface area (Å²) in [6.07, 6.45) is 2.75. The Hall–Kier alpha value is -3.34. The van der Waals surface area contributed by atoms with Crippen LogP contribution in [0.25, 0.3) is 0 Å². The number of hydrogen-bond donors (Lipinski definition) is 1. The van der Waals surface area contributed by atoms with Crippen LogP contribution in [-0.2, 0) is 20.7 Å². The standard InChI is InChI=1S/C22H23NO4/c1-17(13-21(26-2)14-18-9-5-3-6-10-18)22(25)23-19(15-24)16-27-20-11-7-4-8-12-20/h3-13,15,19H,1,14,16H2,2H3,(H,23,25)/b21-13-/t19-/m1/s1. The molecule has 1 N–H and O–H groups in total. The second kappa shape index (κ2) is 10.6. The number of rotatable bonds is 10. The van der Waals surface area contributed by atoms with Gasteiger partial charge < -0.3 is 19.6 Å². The second-order valence-electron chi connectivity index (χ2n) is 5.84. The van der Waals surface area contributed by atoms with Gasteiger partial charge in [0.05, 0.1) is 7.11 Å². The SMILES string of the molecule is C=C(/C=C(/Cc1ccccc1)OC)C(=O)N[C@H](C=O)COc1ccccc1. The number of amides is 1. The second-order valence-corrected chi connectivity index (χ2v) is 5.84. The molecule has 0 heterocycles. The average Bonchev–Trinajstić information content (AvgIpc) is 2.71. The highest BCUT2D eigenvalue weighted by Gasteiger charge is 2.14. The largest absolute Gasteiger partial charge is 0.501 e. The number of benzene rings is 2. The van der Waals surface area contributed by atoms with Crippen molar-refractivity contribution < 1.29 is 19.1 Å². The highest BCUT2D eigenvalue weighted by Crippen LogP contribution is 2.11. The van der Waals surface area contributed by atoms with Crippen molar-refractivity contribution in [3.05, 3.63) is 90.2 Å². The van der Waals surface area contributed by atoms with Gasteiger partial charge in [0.15, 0.2) is 0 Å². The third-order valence-electron chi connectivity index (χ3n) is 3.76. The van der Waals surface area contributed by atoms with Gasteiger partial charge in [-0.15, -0.1) is 0 Å².